The number of amides is 3. The van der Waals surface area contributed by atoms with Gasteiger partial charge in [0.25, 0.3) is 5.91 Å². The Morgan fingerprint density at radius 2 is 2.00 bits per heavy atom. The predicted octanol–water partition coefficient (Wildman–Crippen LogP) is 1.69. The number of benzene rings is 1. The number of nitrogens with zero attached hydrogens (tertiary/aromatic N) is 1. The molecule has 0 aliphatic carbocycles. The maximum absolute atomic E-state index is 12.6. The number of carbonyl (C=O) groups is 3. The fourth-order valence-electron chi connectivity index (χ4n) is 2.83. The summed E-state index contributed by atoms with van der Waals surface area (Å²) in [5.41, 5.74) is -0.747. The Balaban J connectivity index is 1.59. The first-order valence-electron chi connectivity index (χ1n) is 8.41. The van der Waals surface area contributed by atoms with E-state index in [1.54, 1.807) is 43.3 Å². The summed E-state index contributed by atoms with van der Waals surface area (Å²) >= 11 is 0. The van der Waals surface area contributed by atoms with E-state index in [1.807, 2.05) is 0 Å². The zero-order valence-corrected chi connectivity index (χ0v) is 15.0. The minimum atomic E-state index is -1.30. The van der Waals surface area contributed by atoms with Crippen molar-refractivity contribution in [3.8, 4) is 5.75 Å². The van der Waals surface area contributed by atoms with Crippen LogP contribution in [0.25, 0.3) is 0 Å². The smallest absolute Gasteiger partial charge is 0.325 e. The number of imide groups is 1. The molecule has 142 valence electrons. The maximum atomic E-state index is 12.6. The molecule has 0 spiro atoms. The van der Waals surface area contributed by atoms with Crippen LogP contribution in [0.2, 0.25) is 0 Å². The second kappa shape index (κ2) is 7.24. The molecule has 0 unspecified atom stereocenters. The SMILES string of the molecule is CC(=O)c1ccc(OC[C@@H](O)CN2C(=O)N[C@@](C)(c3ccco3)C2=O)cc1. The van der Waals surface area contributed by atoms with Crippen LogP contribution in [0.5, 0.6) is 5.75 Å². The minimum absolute atomic E-state index is 0.0558. The highest BCUT2D eigenvalue weighted by atomic mass is 16.5. The zero-order chi connectivity index (χ0) is 19.6. The summed E-state index contributed by atoms with van der Waals surface area (Å²) in [6.45, 7) is 2.68. The quantitative estimate of drug-likeness (QED) is 0.565. The molecule has 8 heteroatoms. The van der Waals surface area contributed by atoms with E-state index in [0.717, 1.165) is 4.90 Å². The molecule has 2 N–H and O–H groups in total. The summed E-state index contributed by atoms with van der Waals surface area (Å²) < 4.78 is 10.7. The van der Waals surface area contributed by atoms with Gasteiger partial charge in [0, 0.05) is 5.56 Å². The lowest BCUT2D eigenvalue weighted by Gasteiger charge is -2.20. The first-order chi connectivity index (χ1) is 12.8. The number of rotatable bonds is 7. The molecule has 1 aliphatic heterocycles. The molecule has 1 fully saturated rings. The highest BCUT2D eigenvalue weighted by molar-refractivity contribution is 6.06. The van der Waals surface area contributed by atoms with E-state index in [-0.39, 0.29) is 18.9 Å². The number of hydrogen-bond donors (Lipinski definition) is 2. The van der Waals surface area contributed by atoms with Crippen LogP contribution in [0.1, 0.15) is 30.0 Å². The van der Waals surface area contributed by atoms with Crippen molar-refractivity contribution in [2.75, 3.05) is 13.2 Å². The number of nitrogens with one attached hydrogen (secondary N) is 1. The van der Waals surface area contributed by atoms with Crippen molar-refractivity contribution in [3.05, 3.63) is 54.0 Å². The fraction of sp³-hybridized carbons (Fsp3) is 0.316. The fourth-order valence-corrected chi connectivity index (χ4v) is 2.83. The Labute approximate surface area is 155 Å². The number of Topliss-reactive ketones (excluding diaryl/α,β-unsaturated/α-hetero) is 1. The minimum Gasteiger partial charge on any atom is -0.491 e. The molecule has 1 aliphatic rings. The van der Waals surface area contributed by atoms with Crippen molar-refractivity contribution in [1.29, 1.82) is 0 Å². The molecule has 1 aromatic carbocycles. The first kappa shape index (κ1) is 18.7. The predicted molar refractivity (Wildman–Crippen MR) is 94.3 cm³/mol. The van der Waals surface area contributed by atoms with Crippen molar-refractivity contribution in [1.82, 2.24) is 10.2 Å². The number of aliphatic hydroxyl groups is 1. The van der Waals surface area contributed by atoms with E-state index < -0.39 is 23.6 Å². The molecule has 2 atom stereocenters. The van der Waals surface area contributed by atoms with Gasteiger partial charge in [-0.25, -0.2) is 4.79 Å². The normalized spacial score (nSPS) is 20.5. The molecule has 0 radical (unpaired) electrons. The van der Waals surface area contributed by atoms with E-state index in [0.29, 0.717) is 17.1 Å². The van der Waals surface area contributed by atoms with Crippen molar-refractivity contribution in [3.63, 3.8) is 0 Å². The molecule has 1 saturated heterocycles. The third-order valence-electron chi connectivity index (χ3n) is 4.39. The molecule has 3 rings (SSSR count). The third kappa shape index (κ3) is 3.70. The molecule has 8 nitrogen and oxygen atoms in total. The number of carbonyl (C=O) groups excluding carboxylic acids is 3. The Morgan fingerprint density at radius 1 is 1.30 bits per heavy atom. The van der Waals surface area contributed by atoms with Gasteiger partial charge in [0.05, 0.1) is 12.8 Å². The monoisotopic (exact) mass is 372 g/mol. The summed E-state index contributed by atoms with van der Waals surface area (Å²) in [5.74, 6) is 0.225. The number of ether oxygens (including phenoxy) is 1. The number of β-amino-alcohol motifs (C(OH)–C–C–N with tert-alkyl or cyclic N) is 1. The number of ketones is 1. The summed E-state index contributed by atoms with van der Waals surface area (Å²) in [7, 11) is 0. The third-order valence-corrected chi connectivity index (χ3v) is 4.39. The van der Waals surface area contributed by atoms with Gasteiger partial charge in [0.1, 0.15) is 24.2 Å². The summed E-state index contributed by atoms with van der Waals surface area (Å²) in [4.78, 5) is 37.0. The molecule has 27 heavy (non-hydrogen) atoms. The molecule has 3 amide bonds. The largest absolute Gasteiger partial charge is 0.491 e. The van der Waals surface area contributed by atoms with Crippen LogP contribution in [0.4, 0.5) is 4.79 Å². The van der Waals surface area contributed by atoms with Gasteiger partial charge >= 0.3 is 6.03 Å². The summed E-state index contributed by atoms with van der Waals surface area (Å²) in [6, 6.07) is 9.10. The second-order valence-corrected chi connectivity index (χ2v) is 6.49. The van der Waals surface area contributed by atoms with E-state index in [4.69, 9.17) is 9.15 Å². The Bertz CT molecular complexity index is 846. The van der Waals surface area contributed by atoms with Gasteiger partial charge in [-0.15, -0.1) is 0 Å². The average molecular weight is 372 g/mol. The molecule has 0 saturated carbocycles. The van der Waals surface area contributed by atoms with Gasteiger partial charge in [-0.3, -0.25) is 14.5 Å². The van der Waals surface area contributed by atoms with Gasteiger partial charge in [0.15, 0.2) is 11.3 Å². The van der Waals surface area contributed by atoms with Crippen molar-refractivity contribution in [2.24, 2.45) is 0 Å². The lowest BCUT2D eigenvalue weighted by Crippen LogP contribution is -2.42. The van der Waals surface area contributed by atoms with Gasteiger partial charge in [-0.1, -0.05) is 0 Å². The van der Waals surface area contributed by atoms with Crippen LogP contribution in [0.3, 0.4) is 0 Å². The maximum Gasteiger partial charge on any atom is 0.325 e. The van der Waals surface area contributed by atoms with Crippen molar-refractivity contribution < 1.29 is 28.6 Å². The highest BCUT2D eigenvalue weighted by Crippen LogP contribution is 2.29. The van der Waals surface area contributed by atoms with E-state index in [2.05, 4.69) is 5.32 Å². The molecule has 2 aromatic rings. The van der Waals surface area contributed by atoms with Gasteiger partial charge < -0.3 is 19.6 Å². The topological polar surface area (TPSA) is 109 Å². The number of hydrogen-bond acceptors (Lipinski definition) is 6. The highest BCUT2D eigenvalue weighted by Gasteiger charge is 2.51. The van der Waals surface area contributed by atoms with E-state index >= 15 is 0 Å². The molecule has 1 aromatic heterocycles. The standard InChI is InChI=1S/C19H20N2O6/c1-12(22)13-5-7-15(8-6-13)27-11-14(23)10-21-17(24)19(2,20-18(21)25)16-4-3-9-26-16/h3-9,14,23H,10-11H2,1-2H3,(H,20,25)/t14-,19-/m0/s1. The summed E-state index contributed by atoms with van der Waals surface area (Å²) in [5, 5.41) is 12.8. The van der Waals surface area contributed by atoms with E-state index in [9.17, 15) is 19.5 Å². The van der Waals surface area contributed by atoms with Gasteiger partial charge in [-0.2, -0.15) is 0 Å². The number of aliphatic hydroxyl groups excluding tert-OH is 1. The molecule has 0 bridgehead atoms. The Morgan fingerprint density at radius 3 is 2.59 bits per heavy atom. The Hall–Kier alpha value is -3.13. The molecule has 2 heterocycles. The Kier molecular flexibility index (Phi) is 5.00. The lowest BCUT2D eigenvalue weighted by atomic mass is 9.99. The van der Waals surface area contributed by atoms with Crippen LogP contribution in [-0.4, -0.2) is 47.0 Å². The van der Waals surface area contributed by atoms with Crippen LogP contribution in [0, 0.1) is 0 Å². The van der Waals surface area contributed by atoms with Gasteiger partial charge in [0.2, 0.25) is 0 Å². The first-order valence-corrected chi connectivity index (χ1v) is 8.41. The lowest BCUT2D eigenvalue weighted by molar-refractivity contribution is -0.132. The molecular formula is C19H20N2O6. The van der Waals surface area contributed by atoms with Crippen LogP contribution in [0.15, 0.2) is 47.1 Å². The second-order valence-electron chi connectivity index (χ2n) is 6.49. The zero-order valence-electron chi connectivity index (χ0n) is 15.0. The average Bonchev–Trinajstić information content (AvgIpc) is 3.25. The van der Waals surface area contributed by atoms with Crippen molar-refractivity contribution >= 4 is 17.7 Å². The van der Waals surface area contributed by atoms with Crippen LogP contribution in [-0.2, 0) is 10.3 Å². The number of furan rings is 1. The van der Waals surface area contributed by atoms with Crippen molar-refractivity contribution in [2.45, 2.75) is 25.5 Å². The molecular weight excluding hydrogens is 352 g/mol. The number of urea groups is 1. The van der Waals surface area contributed by atoms with Gasteiger partial charge in [-0.05, 0) is 50.2 Å². The van der Waals surface area contributed by atoms with Crippen LogP contribution < -0.4 is 10.1 Å². The van der Waals surface area contributed by atoms with E-state index in [1.165, 1.54) is 13.2 Å². The van der Waals surface area contributed by atoms with Crippen LogP contribution >= 0.6 is 0 Å². The summed E-state index contributed by atoms with van der Waals surface area (Å²) in [6.07, 6.45) is 0.342.